The molecule has 1 aliphatic rings. The van der Waals surface area contributed by atoms with Crippen LogP contribution >= 0.6 is 0 Å². The first-order valence-electron chi connectivity index (χ1n) is 12.6. The Labute approximate surface area is 216 Å². The number of aromatic nitrogens is 2. The second kappa shape index (κ2) is 11.7. The van der Waals surface area contributed by atoms with Crippen LogP contribution in [-0.4, -0.2) is 53.1 Å². The lowest BCUT2D eigenvalue weighted by molar-refractivity contribution is 0.0950. The summed E-state index contributed by atoms with van der Waals surface area (Å²) in [6, 6.07) is 20.5. The lowest BCUT2D eigenvalue weighted by Crippen LogP contribution is -2.25. The first-order valence-corrected chi connectivity index (χ1v) is 12.6. The third-order valence-electron chi connectivity index (χ3n) is 6.08. The second-order valence-electron chi connectivity index (χ2n) is 8.79. The van der Waals surface area contributed by atoms with Gasteiger partial charge in [-0.3, -0.25) is 9.59 Å². The summed E-state index contributed by atoms with van der Waals surface area (Å²) < 4.78 is 0. The molecule has 2 amide bonds. The highest BCUT2D eigenvalue weighted by atomic mass is 16.3. The van der Waals surface area contributed by atoms with Gasteiger partial charge in [0.2, 0.25) is 0 Å². The van der Waals surface area contributed by atoms with Gasteiger partial charge in [0.1, 0.15) is 5.82 Å². The van der Waals surface area contributed by atoms with Crippen molar-refractivity contribution in [3.05, 3.63) is 77.9 Å². The van der Waals surface area contributed by atoms with E-state index in [9.17, 15) is 9.59 Å². The van der Waals surface area contributed by atoms with Crippen LogP contribution in [0.1, 0.15) is 47.4 Å². The molecule has 192 valence electrons. The van der Waals surface area contributed by atoms with Gasteiger partial charge in [0.05, 0.1) is 17.6 Å². The number of aliphatic hydroxyl groups is 1. The normalized spacial score (nSPS) is 12.4. The van der Waals surface area contributed by atoms with E-state index in [0.29, 0.717) is 35.2 Å². The van der Waals surface area contributed by atoms with Crippen LogP contribution in [0.3, 0.4) is 0 Å². The molecule has 4 N–H and O–H groups in total. The van der Waals surface area contributed by atoms with E-state index >= 15 is 0 Å². The molecule has 3 aromatic carbocycles. The monoisotopic (exact) mass is 499 g/mol. The maximum atomic E-state index is 12.7. The molecule has 0 radical (unpaired) electrons. The molecule has 5 rings (SSSR count). The number of aromatic amines is 1. The van der Waals surface area contributed by atoms with E-state index in [1.165, 1.54) is 0 Å². The van der Waals surface area contributed by atoms with Gasteiger partial charge in [0.15, 0.2) is 0 Å². The Bertz CT molecular complexity index is 1360. The minimum atomic E-state index is -0.208. The Kier molecular flexibility index (Phi) is 8.20. The van der Waals surface area contributed by atoms with Crippen molar-refractivity contribution >= 4 is 34.2 Å². The molecule has 0 unspecified atom stereocenters. The minimum Gasteiger partial charge on any atom is -0.395 e. The van der Waals surface area contributed by atoms with Crippen LogP contribution in [0.25, 0.3) is 22.4 Å². The van der Waals surface area contributed by atoms with Crippen molar-refractivity contribution in [2.24, 2.45) is 0 Å². The zero-order valence-corrected chi connectivity index (χ0v) is 21.4. The number of aliphatic hydroxyl groups excluding tert-OH is 1. The topological polar surface area (TPSA) is 110 Å². The van der Waals surface area contributed by atoms with Crippen LogP contribution in [0.15, 0.2) is 66.7 Å². The number of rotatable bonds is 8. The van der Waals surface area contributed by atoms with Crippen LogP contribution in [0, 0.1) is 0 Å². The van der Waals surface area contributed by atoms with Crippen LogP contribution in [0.4, 0.5) is 11.4 Å². The van der Waals surface area contributed by atoms with E-state index in [4.69, 9.17) is 5.11 Å². The van der Waals surface area contributed by atoms with E-state index in [0.717, 1.165) is 35.1 Å². The average Bonchev–Trinajstić information content (AvgIpc) is 3.65. The maximum Gasteiger partial charge on any atom is 0.255 e. The second-order valence-corrected chi connectivity index (χ2v) is 8.79. The quantitative estimate of drug-likeness (QED) is 0.278. The third kappa shape index (κ3) is 6.34. The van der Waals surface area contributed by atoms with Gasteiger partial charge >= 0.3 is 0 Å². The molecule has 37 heavy (non-hydrogen) atoms. The van der Waals surface area contributed by atoms with Gasteiger partial charge in [0, 0.05) is 47.7 Å². The molecule has 1 aromatic heterocycles. The van der Waals surface area contributed by atoms with Crippen molar-refractivity contribution in [2.45, 2.75) is 32.7 Å². The zero-order valence-electron chi connectivity index (χ0n) is 21.4. The van der Waals surface area contributed by atoms with E-state index in [1.54, 1.807) is 24.3 Å². The molecule has 0 bridgehead atoms. The summed E-state index contributed by atoms with van der Waals surface area (Å²) >= 11 is 0. The van der Waals surface area contributed by atoms with Gasteiger partial charge in [-0.2, -0.15) is 0 Å². The van der Waals surface area contributed by atoms with Crippen molar-refractivity contribution in [3.63, 3.8) is 0 Å². The molecule has 0 spiro atoms. The van der Waals surface area contributed by atoms with Gasteiger partial charge < -0.3 is 25.6 Å². The molecule has 0 saturated heterocycles. The van der Waals surface area contributed by atoms with Gasteiger partial charge in [-0.05, 0) is 67.4 Å². The van der Waals surface area contributed by atoms with Crippen LogP contribution in [-0.2, 0) is 0 Å². The number of nitrogens with one attached hydrogen (secondary N) is 3. The van der Waals surface area contributed by atoms with Crippen molar-refractivity contribution in [2.75, 3.05) is 30.4 Å². The molecule has 1 fully saturated rings. The number of carbonyl (C=O) groups excluding carboxylic acids is 2. The van der Waals surface area contributed by atoms with Crippen molar-refractivity contribution in [1.82, 2.24) is 15.3 Å². The summed E-state index contributed by atoms with van der Waals surface area (Å²) in [6.45, 7) is 4.59. The Morgan fingerprint density at radius 3 is 2.27 bits per heavy atom. The fourth-order valence-electron chi connectivity index (χ4n) is 3.85. The highest BCUT2D eigenvalue weighted by Gasteiger charge is 2.23. The summed E-state index contributed by atoms with van der Waals surface area (Å²) in [6.07, 6.45) is 2.11. The SMILES string of the molecule is CC.CN(CCO)c1ccc(C(=O)Nc2ccc3nc(-c4ccc(C(=O)NC5CC5)cc4)[nH]c3c2)cc1. The third-order valence-corrected chi connectivity index (χ3v) is 6.08. The highest BCUT2D eigenvalue weighted by molar-refractivity contribution is 6.05. The van der Waals surface area contributed by atoms with E-state index < -0.39 is 0 Å². The van der Waals surface area contributed by atoms with Crippen molar-refractivity contribution < 1.29 is 14.7 Å². The molecule has 1 aliphatic carbocycles. The fourth-order valence-corrected chi connectivity index (χ4v) is 3.85. The highest BCUT2D eigenvalue weighted by Crippen LogP contribution is 2.24. The van der Waals surface area contributed by atoms with Crippen molar-refractivity contribution in [3.8, 4) is 11.4 Å². The summed E-state index contributed by atoms with van der Waals surface area (Å²) in [5.41, 5.74) is 5.22. The number of H-pyrrole nitrogens is 1. The number of hydrogen-bond acceptors (Lipinski definition) is 5. The smallest absolute Gasteiger partial charge is 0.255 e. The number of hydrogen-bond donors (Lipinski definition) is 4. The maximum absolute atomic E-state index is 12.7. The zero-order chi connectivity index (χ0) is 26.4. The molecule has 8 nitrogen and oxygen atoms in total. The lowest BCUT2D eigenvalue weighted by Gasteiger charge is -2.18. The number of nitrogens with zero attached hydrogens (tertiary/aromatic N) is 2. The van der Waals surface area contributed by atoms with E-state index in [1.807, 2.05) is 68.3 Å². The Morgan fingerprint density at radius 2 is 1.62 bits per heavy atom. The largest absolute Gasteiger partial charge is 0.395 e. The van der Waals surface area contributed by atoms with E-state index in [-0.39, 0.29) is 18.4 Å². The number of likely N-dealkylation sites (N-methyl/N-ethyl adjacent to an activating group) is 1. The minimum absolute atomic E-state index is 0.0455. The summed E-state index contributed by atoms with van der Waals surface area (Å²) in [5.74, 6) is 0.441. The van der Waals surface area contributed by atoms with Gasteiger partial charge in [-0.15, -0.1) is 0 Å². The van der Waals surface area contributed by atoms with Gasteiger partial charge in [-0.1, -0.05) is 26.0 Å². The first kappa shape index (κ1) is 25.9. The molecule has 1 saturated carbocycles. The van der Waals surface area contributed by atoms with Crippen LogP contribution in [0.2, 0.25) is 0 Å². The summed E-state index contributed by atoms with van der Waals surface area (Å²) in [5, 5.41) is 15.0. The van der Waals surface area contributed by atoms with Crippen molar-refractivity contribution in [1.29, 1.82) is 0 Å². The number of amides is 2. The summed E-state index contributed by atoms with van der Waals surface area (Å²) in [7, 11) is 1.89. The molecular formula is C29H33N5O3. The molecule has 0 atom stereocenters. The van der Waals surface area contributed by atoms with Gasteiger partial charge in [-0.25, -0.2) is 4.98 Å². The molecule has 0 aliphatic heterocycles. The Morgan fingerprint density at radius 1 is 0.973 bits per heavy atom. The molecule has 4 aromatic rings. The standard InChI is InChI=1S/C27H27N5O3.C2H6/c1-32(14-15-33)22-11-6-19(7-12-22)27(35)29-21-10-13-23-24(16-21)31-25(30-23)17-2-4-18(5-3-17)26(34)28-20-8-9-20;1-2/h2-7,10-13,16,20,33H,8-9,14-15H2,1H3,(H,28,34)(H,29,35)(H,30,31);1-2H3. The average molecular weight is 500 g/mol. The van der Waals surface area contributed by atoms with Crippen LogP contribution < -0.4 is 15.5 Å². The molecular weight excluding hydrogens is 466 g/mol. The Balaban J connectivity index is 0.00000156. The number of benzene rings is 3. The predicted octanol–water partition coefficient (Wildman–Crippen LogP) is 4.83. The first-order chi connectivity index (χ1) is 18.0. The fraction of sp³-hybridized carbons (Fsp3) is 0.276. The number of anilines is 2. The summed E-state index contributed by atoms with van der Waals surface area (Å²) in [4.78, 5) is 34.8. The lowest BCUT2D eigenvalue weighted by atomic mass is 10.1. The van der Waals surface area contributed by atoms with Crippen LogP contribution in [0.5, 0.6) is 0 Å². The number of imidazole rings is 1. The molecule has 1 heterocycles. The number of fused-ring (bicyclic) bond motifs is 1. The van der Waals surface area contributed by atoms with Gasteiger partial charge in [0.25, 0.3) is 11.8 Å². The predicted molar refractivity (Wildman–Crippen MR) is 148 cm³/mol. The van der Waals surface area contributed by atoms with E-state index in [2.05, 4.69) is 20.6 Å². The Hall–Kier alpha value is -4.17. The number of carbonyl (C=O) groups is 2. The molecule has 8 heteroatoms.